The summed E-state index contributed by atoms with van der Waals surface area (Å²) >= 11 is 5.35. The molecule has 0 spiro atoms. The van der Waals surface area contributed by atoms with E-state index in [-0.39, 0.29) is 0 Å². The van der Waals surface area contributed by atoms with Gasteiger partial charge in [0.15, 0.2) is 5.11 Å². The molecule has 2 rings (SSSR count). The van der Waals surface area contributed by atoms with Gasteiger partial charge in [-0.25, -0.2) is 0 Å². The average Bonchev–Trinajstić information content (AvgIpc) is 2.84. The number of nitrogens with one attached hydrogen (secondary N) is 1. The van der Waals surface area contributed by atoms with Crippen LogP contribution in [0.15, 0.2) is 0 Å². The predicted molar refractivity (Wildman–Crippen MR) is 58.7 cm³/mol. The molecule has 0 aromatic rings. The molecule has 1 atom stereocenters. The first-order chi connectivity index (χ1) is 6.33. The van der Waals surface area contributed by atoms with E-state index in [1.54, 1.807) is 0 Å². The summed E-state index contributed by atoms with van der Waals surface area (Å²) in [5.41, 5.74) is 0. The summed E-state index contributed by atoms with van der Waals surface area (Å²) in [6.45, 7) is 4.23. The van der Waals surface area contributed by atoms with Gasteiger partial charge in [-0.1, -0.05) is 0 Å². The largest absolute Gasteiger partial charge is 0.363 e. The highest BCUT2D eigenvalue weighted by molar-refractivity contribution is 7.80. The van der Waals surface area contributed by atoms with Gasteiger partial charge in [0.1, 0.15) is 0 Å². The predicted octanol–water partition coefficient (Wildman–Crippen LogP) is 1.76. The third-order valence-electron chi connectivity index (χ3n) is 3.05. The first-order valence-electron chi connectivity index (χ1n) is 5.37. The number of nitrogens with zero attached hydrogens (tertiary/aromatic N) is 1. The highest BCUT2D eigenvalue weighted by atomic mass is 32.1. The van der Waals surface area contributed by atoms with Gasteiger partial charge in [0.05, 0.1) is 0 Å². The van der Waals surface area contributed by atoms with Crippen LogP contribution in [-0.2, 0) is 0 Å². The number of hydrogen-bond donors (Lipinski definition) is 1. The molecule has 2 nitrogen and oxygen atoms in total. The standard InChI is InChI=1S/C10H18N2S/c1-2-11-10(13)12-7-3-4-9(12)8-5-6-8/h8-9H,2-7H2,1H3,(H,11,13). The van der Waals surface area contributed by atoms with Gasteiger partial charge in [0.25, 0.3) is 0 Å². The van der Waals surface area contributed by atoms with Crippen LogP contribution < -0.4 is 5.32 Å². The molecule has 1 aliphatic carbocycles. The highest BCUT2D eigenvalue weighted by Gasteiger charge is 2.38. The fourth-order valence-corrected chi connectivity index (χ4v) is 2.64. The molecule has 1 N–H and O–H groups in total. The summed E-state index contributed by atoms with van der Waals surface area (Å²) in [6.07, 6.45) is 5.54. The average molecular weight is 198 g/mol. The Morgan fingerprint density at radius 2 is 2.23 bits per heavy atom. The number of rotatable bonds is 2. The molecule has 0 aromatic carbocycles. The maximum atomic E-state index is 5.35. The van der Waals surface area contributed by atoms with Crippen LogP contribution in [0.25, 0.3) is 0 Å². The molecule has 0 amide bonds. The van der Waals surface area contributed by atoms with Gasteiger partial charge >= 0.3 is 0 Å². The second-order valence-electron chi connectivity index (χ2n) is 4.08. The van der Waals surface area contributed by atoms with Gasteiger partial charge in [-0.2, -0.15) is 0 Å². The van der Waals surface area contributed by atoms with Gasteiger partial charge in [-0.05, 0) is 50.7 Å². The van der Waals surface area contributed by atoms with Gasteiger partial charge < -0.3 is 10.2 Å². The SMILES string of the molecule is CCNC(=S)N1CCCC1C1CC1. The van der Waals surface area contributed by atoms with Crippen molar-refractivity contribution >= 4 is 17.3 Å². The molecule has 3 heteroatoms. The Labute approximate surface area is 85.7 Å². The summed E-state index contributed by atoms with van der Waals surface area (Å²) < 4.78 is 0. The van der Waals surface area contributed by atoms with Crippen LogP contribution >= 0.6 is 12.2 Å². The van der Waals surface area contributed by atoms with Gasteiger partial charge in [0, 0.05) is 19.1 Å². The van der Waals surface area contributed by atoms with Crippen molar-refractivity contribution in [1.82, 2.24) is 10.2 Å². The molecule has 0 bridgehead atoms. The third-order valence-corrected chi connectivity index (χ3v) is 3.43. The zero-order valence-electron chi connectivity index (χ0n) is 8.25. The van der Waals surface area contributed by atoms with E-state index in [9.17, 15) is 0 Å². The Morgan fingerprint density at radius 1 is 1.46 bits per heavy atom. The highest BCUT2D eigenvalue weighted by Crippen LogP contribution is 2.39. The minimum absolute atomic E-state index is 0.770. The maximum Gasteiger partial charge on any atom is 0.169 e. The van der Waals surface area contributed by atoms with Gasteiger partial charge in [0.2, 0.25) is 0 Å². The molecular weight excluding hydrogens is 180 g/mol. The maximum absolute atomic E-state index is 5.35. The lowest BCUT2D eigenvalue weighted by atomic mass is 10.1. The monoisotopic (exact) mass is 198 g/mol. The third kappa shape index (κ3) is 1.96. The first-order valence-corrected chi connectivity index (χ1v) is 5.78. The Morgan fingerprint density at radius 3 is 2.85 bits per heavy atom. The smallest absolute Gasteiger partial charge is 0.169 e. The van der Waals surface area contributed by atoms with Crippen molar-refractivity contribution < 1.29 is 0 Å². The second-order valence-corrected chi connectivity index (χ2v) is 4.46. The fourth-order valence-electron chi connectivity index (χ4n) is 2.27. The number of likely N-dealkylation sites (tertiary alicyclic amines) is 1. The van der Waals surface area contributed by atoms with Crippen LogP contribution in [0.3, 0.4) is 0 Å². The molecule has 74 valence electrons. The summed E-state index contributed by atoms with van der Waals surface area (Å²) in [6, 6.07) is 0.770. The molecule has 0 aromatic heterocycles. The van der Waals surface area contributed by atoms with E-state index in [2.05, 4.69) is 17.1 Å². The van der Waals surface area contributed by atoms with E-state index < -0.39 is 0 Å². The van der Waals surface area contributed by atoms with E-state index in [1.807, 2.05) is 0 Å². The zero-order chi connectivity index (χ0) is 9.26. The quantitative estimate of drug-likeness (QED) is 0.681. The van der Waals surface area contributed by atoms with Crippen LogP contribution in [0.4, 0.5) is 0 Å². The van der Waals surface area contributed by atoms with E-state index in [0.717, 1.165) is 23.6 Å². The Bertz CT molecular complexity index is 201. The summed E-state index contributed by atoms with van der Waals surface area (Å²) in [7, 11) is 0. The molecule has 1 aliphatic heterocycles. The van der Waals surface area contributed by atoms with Crippen molar-refractivity contribution in [2.45, 2.75) is 38.6 Å². The minimum Gasteiger partial charge on any atom is -0.363 e. The van der Waals surface area contributed by atoms with Crippen molar-refractivity contribution in [2.24, 2.45) is 5.92 Å². The molecule has 13 heavy (non-hydrogen) atoms. The second kappa shape index (κ2) is 3.82. The Balaban J connectivity index is 1.92. The van der Waals surface area contributed by atoms with Crippen molar-refractivity contribution in [1.29, 1.82) is 0 Å². The fraction of sp³-hybridized carbons (Fsp3) is 0.900. The van der Waals surface area contributed by atoms with E-state index in [1.165, 1.54) is 32.2 Å². The molecule has 1 saturated heterocycles. The summed E-state index contributed by atoms with van der Waals surface area (Å²) in [5, 5.41) is 4.24. The van der Waals surface area contributed by atoms with Crippen LogP contribution in [0, 0.1) is 5.92 Å². The molecular formula is C10H18N2S. The van der Waals surface area contributed by atoms with Gasteiger partial charge in [-0.15, -0.1) is 0 Å². The van der Waals surface area contributed by atoms with E-state index in [4.69, 9.17) is 12.2 Å². The van der Waals surface area contributed by atoms with Gasteiger partial charge in [-0.3, -0.25) is 0 Å². The summed E-state index contributed by atoms with van der Waals surface area (Å²) in [4.78, 5) is 2.41. The molecule has 1 unspecified atom stereocenters. The molecule has 2 aliphatic rings. The normalized spacial score (nSPS) is 27.8. The van der Waals surface area contributed by atoms with E-state index >= 15 is 0 Å². The lowest BCUT2D eigenvalue weighted by Crippen LogP contribution is -2.43. The lowest BCUT2D eigenvalue weighted by molar-refractivity contribution is 0.349. The van der Waals surface area contributed by atoms with E-state index in [0.29, 0.717) is 0 Å². The van der Waals surface area contributed by atoms with Crippen molar-refractivity contribution in [3.8, 4) is 0 Å². The van der Waals surface area contributed by atoms with Crippen molar-refractivity contribution in [3.63, 3.8) is 0 Å². The van der Waals surface area contributed by atoms with Crippen LogP contribution in [0.5, 0.6) is 0 Å². The molecule has 0 radical (unpaired) electrons. The van der Waals surface area contributed by atoms with Crippen molar-refractivity contribution in [3.05, 3.63) is 0 Å². The van der Waals surface area contributed by atoms with Crippen LogP contribution in [0.1, 0.15) is 32.6 Å². The van der Waals surface area contributed by atoms with Crippen molar-refractivity contribution in [2.75, 3.05) is 13.1 Å². The number of thiocarbonyl (C=S) groups is 1. The zero-order valence-corrected chi connectivity index (χ0v) is 9.07. The summed E-state index contributed by atoms with van der Waals surface area (Å²) in [5.74, 6) is 0.958. The van der Waals surface area contributed by atoms with Crippen LogP contribution in [-0.4, -0.2) is 29.1 Å². The molecule has 1 saturated carbocycles. The molecule has 1 heterocycles. The first kappa shape index (κ1) is 9.25. The number of hydrogen-bond acceptors (Lipinski definition) is 1. The van der Waals surface area contributed by atoms with Crippen LogP contribution in [0.2, 0.25) is 0 Å². The topological polar surface area (TPSA) is 15.3 Å². The lowest BCUT2D eigenvalue weighted by Gasteiger charge is -2.27. The minimum atomic E-state index is 0.770. The Hall–Kier alpha value is -0.310. The Kier molecular flexibility index (Phi) is 2.72. The molecule has 2 fully saturated rings.